The second kappa shape index (κ2) is 9.92. The number of non-ortho nitro benzene ring substituents is 1. The van der Waals surface area contributed by atoms with E-state index in [0.29, 0.717) is 6.42 Å². The molecule has 0 aliphatic carbocycles. The van der Waals surface area contributed by atoms with Gasteiger partial charge >= 0.3 is 0 Å². The molecule has 1 aliphatic rings. The van der Waals surface area contributed by atoms with Gasteiger partial charge in [0.05, 0.1) is 9.82 Å². The second-order valence-corrected chi connectivity index (χ2v) is 9.26. The lowest BCUT2D eigenvalue weighted by atomic mass is 10.1. The van der Waals surface area contributed by atoms with Crippen LogP contribution >= 0.6 is 0 Å². The van der Waals surface area contributed by atoms with E-state index in [2.05, 4.69) is 10.1 Å². The molecule has 1 aliphatic heterocycles. The molecule has 1 atom stereocenters. The van der Waals surface area contributed by atoms with Crippen LogP contribution in [0.1, 0.15) is 23.7 Å². The SMILES string of the molecule is CO/N=[N+](\[O-])CC(=O)N1CCCN(S(=O)(=O)c2ccc(C)cc2)C1c1cccc([N+](=O)[O-])c1. The standard InChI is InChI=1S/C20H23N5O7S/c1-15-7-9-18(10-8-15)33(30,31)23-12-4-11-22(19(26)14-24(27)21-32-2)20(23)16-5-3-6-17(13-16)25(28)29/h3,5-10,13,20H,4,11-12,14H2,1-2H3/b24-21-. The number of amides is 1. The summed E-state index contributed by atoms with van der Waals surface area (Å²) < 4.78 is 28.2. The van der Waals surface area contributed by atoms with Gasteiger partial charge in [0.1, 0.15) is 13.3 Å². The Kier molecular flexibility index (Phi) is 7.23. The van der Waals surface area contributed by atoms with Crippen LogP contribution in [0.15, 0.2) is 58.7 Å². The van der Waals surface area contributed by atoms with Crippen LogP contribution in [0.25, 0.3) is 0 Å². The highest BCUT2D eigenvalue weighted by molar-refractivity contribution is 7.89. The Labute approximate surface area is 190 Å². The summed E-state index contributed by atoms with van der Waals surface area (Å²) >= 11 is 0. The minimum absolute atomic E-state index is 0.0256. The quantitative estimate of drug-likeness (QED) is 0.257. The van der Waals surface area contributed by atoms with Gasteiger partial charge in [0, 0.05) is 25.2 Å². The summed E-state index contributed by atoms with van der Waals surface area (Å²) in [7, 11) is -2.93. The molecular formula is C20H23N5O7S. The van der Waals surface area contributed by atoms with Gasteiger partial charge in [0.2, 0.25) is 10.0 Å². The van der Waals surface area contributed by atoms with E-state index in [0.717, 1.165) is 17.0 Å². The van der Waals surface area contributed by atoms with Crippen LogP contribution < -0.4 is 0 Å². The summed E-state index contributed by atoms with van der Waals surface area (Å²) in [5.74, 6) is -0.703. The number of benzene rings is 2. The molecule has 1 unspecified atom stereocenters. The van der Waals surface area contributed by atoms with Crippen LogP contribution in [-0.2, 0) is 19.7 Å². The first kappa shape index (κ1) is 24.1. The molecule has 2 aromatic rings. The van der Waals surface area contributed by atoms with Crippen molar-refractivity contribution in [3.05, 3.63) is 75.0 Å². The molecule has 0 N–H and O–H groups in total. The second-order valence-electron chi connectivity index (χ2n) is 7.37. The number of nitrogens with zero attached hydrogens (tertiary/aromatic N) is 5. The molecular weight excluding hydrogens is 454 g/mol. The maximum atomic E-state index is 13.5. The monoisotopic (exact) mass is 477 g/mol. The fourth-order valence-corrected chi connectivity index (χ4v) is 5.25. The number of hydrogen-bond acceptors (Lipinski definition) is 8. The molecule has 13 heteroatoms. The van der Waals surface area contributed by atoms with Crippen LogP contribution in [0.2, 0.25) is 0 Å². The van der Waals surface area contributed by atoms with E-state index in [1.54, 1.807) is 12.1 Å². The van der Waals surface area contributed by atoms with Crippen LogP contribution in [0, 0.1) is 22.2 Å². The van der Waals surface area contributed by atoms with E-state index in [1.807, 2.05) is 6.92 Å². The Hall–Kier alpha value is -3.58. The van der Waals surface area contributed by atoms with Crippen molar-refractivity contribution in [2.45, 2.75) is 24.4 Å². The third-order valence-electron chi connectivity index (χ3n) is 5.12. The Balaban J connectivity index is 2.10. The lowest BCUT2D eigenvalue weighted by Gasteiger charge is -2.42. The average Bonchev–Trinajstić information content (AvgIpc) is 2.79. The molecule has 33 heavy (non-hydrogen) atoms. The highest BCUT2D eigenvalue weighted by Gasteiger charge is 2.42. The molecule has 2 aromatic carbocycles. The van der Waals surface area contributed by atoms with Crippen LogP contribution in [0.4, 0.5) is 5.69 Å². The molecule has 1 amide bonds. The van der Waals surface area contributed by atoms with E-state index >= 15 is 0 Å². The smallest absolute Gasteiger partial charge is 0.293 e. The number of hydroxylamine groups is 1. The topological polar surface area (TPSA) is 148 Å². The van der Waals surface area contributed by atoms with Crippen molar-refractivity contribution in [2.75, 3.05) is 26.7 Å². The first-order valence-corrected chi connectivity index (χ1v) is 11.4. The molecule has 1 saturated heterocycles. The summed E-state index contributed by atoms with van der Waals surface area (Å²) in [4.78, 5) is 29.3. The third kappa shape index (κ3) is 5.26. The summed E-state index contributed by atoms with van der Waals surface area (Å²) in [6.45, 7) is 1.34. The summed E-state index contributed by atoms with van der Waals surface area (Å²) in [5.41, 5.74) is 0.851. The maximum absolute atomic E-state index is 13.5. The van der Waals surface area contributed by atoms with Crippen molar-refractivity contribution in [1.82, 2.24) is 9.21 Å². The van der Waals surface area contributed by atoms with Crippen molar-refractivity contribution in [3.8, 4) is 0 Å². The molecule has 0 saturated carbocycles. The summed E-state index contributed by atoms with van der Waals surface area (Å²) in [6.07, 6.45) is -0.879. The van der Waals surface area contributed by atoms with E-state index < -0.39 is 33.6 Å². The number of rotatable bonds is 7. The third-order valence-corrected chi connectivity index (χ3v) is 6.98. The van der Waals surface area contributed by atoms with Crippen molar-refractivity contribution in [1.29, 1.82) is 0 Å². The maximum Gasteiger partial charge on any atom is 0.293 e. The Morgan fingerprint density at radius 2 is 1.88 bits per heavy atom. The first-order valence-electron chi connectivity index (χ1n) is 9.96. The Morgan fingerprint density at radius 3 is 2.52 bits per heavy atom. The van der Waals surface area contributed by atoms with Gasteiger partial charge in [-0.2, -0.15) is 4.31 Å². The highest BCUT2D eigenvalue weighted by Crippen LogP contribution is 2.35. The molecule has 1 heterocycles. The van der Waals surface area contributed by atoms with Gasteiger partial charge in [-0.1, -0.05) is 29.8 Å². The minimum Gasteiger partial charge on any atom is -0.597 e. The van der Waals surface area contributed by atoms with Crippen LogP contribution in [-0.4, -0.2) is 60.1 Å². The number of hydrogen-bond donors (Lipinski definition) is 0. The lowest BCUT2D eigenvalue weighted by molar-refractivity contribution is -0.547. The minimum atomic E-state index is -4.08. The predicted octanol–water partition coefficient (Wildman–Crippen LogP) is 2.35. The van der Waals surface area contributed by atoms with E-state index in [-0.39, 0.29) is 34.1 Å². The van der Waals surface area contributed by atoms with Gasteiger partial charge in [-0.05, 0) is 35.9 Å². The van der Waals surface area contributed by atoms with Crippen molar-refractivity contribution >= 4 is 21.6 Å². The zero-order valence-electron chi connectivity index (χ0n) is 18.0. The number of sulfonamides is 1. The first-order chi connectivity index (χ1) is 15.6. The molecule has 1 fully saturated rings. The number of carbonyl (C=O) groups is 1. The van der Waals surface area contributed by atoms with Crippen LogP contribution in [0.5, 0.6) is 0 Å². The summed E-state index contributed by atoms with van der Waals surface area (Å²) in [5, 5.41) is 26.2. The van der Waals surface area contributed by atoms with Gasteiger partial charge in [-0.25, -0.2) is 8.42 Å². The molecule has 3 rings (SSSR count). The lowest BCUT2D eigenvalue weighted by Crippen LogP contribution is -2.53. The fourth-order valence-electron chi connectivity index (χ4n) is 3.63. The van der Waals surface area contributed by atoms with Gasteiger partial charge in [0.25, 0.3) is 18.1 Å². The fraction of sp³-hybridized carbons (Fsp3) is 0.350. The van der Waals surface area contributed by atoms with Crippen molar-refractivity contribution in [3.63, 3.8) is 0 Å². The molecule has 0 bridgehead atoms. The molecule has 176 valence electrons. The number of carbonyl (C=O) groups excluding carboxylic acids is 1. The zero-order valence-corrected chi connectivity index (χ0v) is 18.8. The van der Waals surface area contributed by atoms with E-state index in [9.17, 15) is 28.5 Å². The van der Waals surface area contributed by atoms with Crippen molar-refractivity contribution in [2.24, 2.45) is 5.28 Å². The van der Waals surface area contributed by atoms with Crippen LogP contribution in [0.3, 0.4) is 0 Å². The molecule has 12 nitrogen and oxygen atoms in total. The molecule has 0 radical (unpaired) electrons. The number of nitro benzene ring substituents is 1. The largest absolute Gasteiger partial charge is 0.597 e. The highest BCUT2D eigenvalue weighted by atomic mass is 32.2. The van der Waals surface area contributed by atoms with Gasteiger partial charge in [0.15, 0.2) is 5.28 Å². The summed E-state index contributed by atoms with van der Waals surface area (Å²) in [6, 6.07) is 11.7. The van der Waals surface area contributed by atoms with Gasteiger partial charge in [-0.15, -0.1) is 0 Å². The van der Waals surface area contributed by atoms with Crippen molar-refractivity contribution < 1.29 is 27.8 Å². The van der Waals surface area contributed by atoms with Gasteiger partial charge in [-0.3, -0.25) is 14.9 Å². The van der Waals surface area contributed by atoms with E-state index in [1.165, 1.54) is 41.3 Å². The van der Waals surface area contributed by atoms with Gasteiger partial charge < -0.3 is 14.9 Å². The molecule has 0 spiro atoms. The predicted molar refractivity (Wildman–Crippen MR) is 115 cm³/mol. The molecule has 0 aromatic heterocycles. The zero-order chi connectivity index (χ0) is 24.2. The number of aryl methyl sites for hydroxylation is 1. The Bertz CT molecular complexity index is 1170. The van der Waals surface area contributed by atoms with E-state index in [4.69, 9.17) is 0 Å². The normalized spacial score (nSPS) is 17.6. The average molecular weight is 477 g/mol. The number of nitro groups is 1. The Morgan fingerprint density at radius 1 is 1.18 bits per heavy atom.